The Morgan fingerprint density at radius 2 is 2.11 bits per heavy atom. The van der Waals surface area contributed by atoms with Gasteiger partial charge < -0.3 is 15.4 Å². The minimum Gasteiger partial charge on any atom is -0.385 e. The number of methoxy groups -OCH3 is 1. The highest BCUT2D eigenvalue weighted by Gasteiger charge is 2.07. The molecule has 0 spiro atoms. The third-order valence-corrected chi connectivity index (χ3v) is 2.71. The Hall–Kier alpha value is -1.69. The summed E-state index contributed by atoms with van der Waals surface area (Å²) in [5.74, 6) is 0.386. The zero-order valence-corrected chi connectivity index (χ0v) is 11.8. The van der Waals surface area contributed by atoms with Gasteiger partial charge in [-0.25, -0.2) is 9.97 Å². The fourth-order valence-electron chi connectivity index (χ4n) is 1.36. The minimum atomic E-state index is -0.161. The Morgan fingerprint density at radius 3 is 2.68 bits per heavy atom. The highest BCUT2D eigenvalue weighted by atomic mass is 16.5. The Balaban J connectivity index is 2.44. The van der Waals surface area contributed by atoms with Crippen molar-refractivity contribution in [1.29, 1.82) is 0 Å². The van der Waals surface area contributed by atoms with E-state index in [1.807, 2.05) is 0 Å². The SMILES string of the molecule is CCC(C)Nc1ncc(C(=O)NCCCOC)cn1. The molecule has 1 rings (SSSR count). The van der Waals surface area contributed by atoms with Crippen LogP contribution in [0.3, 0.4) is 0 Å². The van der Waals surface area contributed by atoms with Gasteiger partial charge in [0.1, 0.15) is 0 Å². The van der Waals surface area contributed by atoms with Gasteiger partial charge in [-0.1, -0.05) is 6.92 Å². The van der Waals surface area contributed by atoms with Crippen LogP contribution in [0, 0.1) is 0 Å². The first-order valence-electron chi connectivity index (χ1n) is 6.53. The number of hydrogen-bond donors (Lipinski definition) is 2. The van der Waals surface area contributed by atoms with Crippen LogP contribution in [-0.2, 0) is 4.74 Å². The van der Waals surface area contributed by atoms with Gasteiger partial charge in [0.2, 0.25) is 5.95 Å². The van der Waals surface area contributed by atoms with E-state index in [-0.39, 0.29) is 5.91 Å². The number of nitrogens with zero attached hydrogens (tertiary/aromatic N) is 2. The molecule has 1 atom stereocenters. The van der Waals surface area contributed by atoms with Crippen LogP contribution in [0.1, 0.15) is 37.0 Å². The van der Waals surface area contributed by atoms with Crippen molar-refractivity contribution in [3.8, 4) is 0 Å². The van der Waals surface area contributed by atoms with E-state index >= 15 is 0 Å². The van der Waals surface area contributed by atoms with Gasteiger partial charge in [-0.2, -0.15) is 0 Å². The number of carbonyl (C=O) groups excluding carboxylic acids is 1. The summed E-state index contributed by atoms with van der Waals surface area (Å²) in [6, 6.07) is 0.314. The summed E-state index contributed by atoms with van der Waals surface area (Å²) >= 11 is 0. The smallest absolute Gasteiger partial charge is 0.254 e. The number of rotatable bonds is 8. The average Bonchev–Trinajstić information content (AvgIpc) is 2.44. The number of ether oxygens (including phenoxy) is 1. The lowest BCUT2D eigenvalue weighted by molar-refractivity contribution is 0.0948. The Kier molecular flexibility index (Phi) is 6.81. The van der Waals surface area contributed by atoms with E-state index in [2.05, 4.69) is 34.4 Å². The van der Waals surface area contributed by atoms with E-state index < -0.39 is 0 Å². The molecular formula is C13H22N4O2. The summed E-state index contributed by atoms with van der Waals surface area (Å²) in [5, 5.41) is 5.93. The van der Waals surface area contributed by atoms with Crippen molar-refractivity contribution in [2.45, 2.75) is 32.7 Å². The zero-order chi connectivity index (χ0) is 14.1. The third-order valence-electron chi connectivity index (χ3n) is 2.71. The van der Waals surface area contributed by atoms with Crippen molar-refractivity contribution in [1.82, 2.24) is 15.3 Å². The largest absolute Gasteiger partial charge is 0.385 e. The third kappa shape index (κ3) is 5.65. The molecule has 0 saturated carbocycles. The first-order chi connectivity index (χ1) is 9.17. The second-order valence-electron chi connectivity index (χ2n) is 4.35. The monoisotopic (exact) mass is 266 g/mol. The highest BCUT2D eigenvalue weighted by Crippen LogP contribution is 2.03. The van der Waals surface area contributed by atoms with Crippen LogP contribution in [0.25, 0.3) is 0 Å². The Morgan fingerprint density at radius 1 is 1.42 bits per heavy atom. The van der Waals surface area contributed by atoms with Crippen LogP contribution in [0.2, 0.25) is 0 Å². The summed E-state index contributed by atoms with van der Waals surface area (Å²) in [6.45, 7) is 5.35. The summed E-state index contributed by atoms with van der Waals surface area (Å²) in [7, 11) is 1.64. The average molecular weight is 266 g/mol. The molecule has 2 N–H and O–H groups in total. The maximum Gasteiger partial charge on any atom is 0.254 e. The first kappa shape index (κ1) is 15.4. The van der Waals surface area contributed by atoms with Gasteiger partial charge in [-0.05, 0) is 19.8 Å². The van der Waals surface area contributed by atoms with Crippen LogP contribution in [0.15, 0.2) is 12.4 Å². The van der Waals surface area contributed by atoms with E-state index in [1.165, 1.54) is 12.4 Å². The summed E-state index contributed by atoms with van der Waals surface area (Å²) in [4.78, 5) is 20.0. The molecule has 0 aromatic carbocycles. The molecule has 0 aliphatic heterocycles. The normalized spacial score (nSPS) is 11.9. The number of hydrogen-bond acceptors (Lipinski definition) is 5. The molecule has 0 aliphatic rings. The van der Waals surface area contributed by atoms with E-state index in [1.54, 1.807) is 7.11 Å². The van der Waals surface area contributed by atoms with Gasteiger partial charge in [0, 0.05) is 38.7 Å². The molecule has 0 fully saturated rings. The number of amides is 1. The van der Waals surface area contributed by atoms with Crippen LogP contribution < -0.4 is 10.6 Å². The first-order valence-corrected chi connectivity index (χ1v) is 6.53. The van der Waals surface area contributed by atoms with Crippen LogP contribution >= 0.6 is 0 Å². The van der Waals surface area contributed by atoms with Crippen molar-refractivity contribution in [2.24, 2.45) is 0 Å². The molecular weight excluding hydrogens is 244 g/mol. The second kappa shape index (κ2) is 8.42. The topological polar surface area (TPSA) is 76.1 Å². The summed E-state index contributed by atoms with van der Waals surface area (Å²) in [5.41, 5.74) is 0.465. The highest BCUT2D eigenvalue weighted by molar-refractivity contribution is 5.93. The van der Waals surface area contributed by atoms with Crippen molar-refractivity contribution >= 4 is 11.9 Å². The van der Waals surface area contributed by atoms with Crippen molar-refractivity contribution in [3.63, 3.8) is 0 Å². The predicted octanol–water partition coefficient (Wildman–Crippen LogP) is 1.45. The zero-order valence-electron chi connectivity index (χ0n) is 11.8. The molecule has 106 valence electrons. The van der Waals surface area contributed by atoms with Gasteiger partial charge >= 0.3 is 0 Å². The quantitative estimate of drug-likeness (QED) is 0.697. The number of nitrogens with one attached hydrogen (secondary N) is 2. The summed E-state index contributed by atoms with van der Waals surface area (Å²) in [6.07, 6.45) is 4.84. The lowest BCUT2D eigenvalue weighted by Gasteiger charge is -2.11. The molecule has 1 aromatic rings. The molecule has 6 heteroatoms. The molecule has 1 heterocycles. The Labute approximate surface area is 114 Å². The predicted molar refractivity (Wildman–Crippen MR) is 74.2 cm³/mol. The molecule has 0 aliphatic carbocycles. The van der Waals surface area contributed by atoms with E-state index in [9.17, 15) is 4.79 Å². The van der Waals surface area contributed by atoms with Crippen LogP contribution in [0.5, 0.6) is 0 Å². The molecule has 1 aromatic heterocycles. The van der Waals surface area contributed by atoms with Gasteiger partial charge in [-0.15, -0.1) is 0 Å². The summed E-state index contributed by atoms with van der Waals surface area (Å²) < 4.78 is 4.91. The fraction of sp³-hybridized carbons (Fsp3) is 0.615. The molecule has 6 nitrogen and oxygen atoms in total. The maximum absolute atomic E-state index is 11.7. The Bertz CT molecular complexity index is 381. The van der Waals surface area contributed by atoms with Gasteiger partial charge in [0.15, 0.2) is 0 Å². The van der Waals surface area contributed by atoms with Crippen LogP contribution in [-0.4, -0.2) is 42.2 Å². The number of aromatic nitrogens is 2. The van der Waals surface area contributed by atoms with E-state index in [0.717, 1.165) is 12.8 Å². The lowest BCUT2D eigenvalue weighted by Crippen LogP contribution is -2.25. The standard InChI is InChI=1S/C13H22N4O2/c1-4-10(2)17-13-15-8-11(9-16-13)12(18)14-6-5-7-19-3/h8-10H,4-7H2,1-3H3,(H,14,18)(H,15,16,17). The molecule has 0 saturated heterocycles. The maximum atomic E-state index is 11.7. The minimum absolute atomic E-state index is 0.161. The fourth-order valence-corrected chi connectivity index (χ4v) is 1.36. The number of carbonyl (C=O) groups is 1. The van der Waals surface area contributed by atoms with Crippen molar-refractivity contribution < 1.29 is 9.53 Å². The molecule has 1 amide bonds. The van der Waals surface area contributed by atoms with Gasteiger partial charge in [0.05, 0.1) is 5.56 Å². The number of anilines is 1. The molecule has 0 bridgehead atoms. The lowest BCUT2D eigenvalue weighted by atomic mass is 10.3. The van der Waals surface area contributed by atoms with E-state index in [0.29, 0.717) is 30.7 Å². The van der Waals surface area contributed by atoms with Gasteiger partial charge in [0.25, 0.3) is 5.91 Å². The van der Waals surface area contributed by atoms with Crippen LogP contribution in [0.4, 0.5) is 5.95 Å². The van der Waals surface area contributed by atoms with Crippen molar-refractivity contribution in [2.75, 3.05) is 25.6 Å². The molecule has 0 radical (unpaired) electrons. The molecule has 1 unspecified atom stereocenters. The van der Waals surface area contributed by atoms with Gasteiger partial charge in [-0.3, -0.25) is 4.79 Å². The molecule has 19 heavy (non-hydrogen) atoms. The van der Waals surface area contributed by atoms with E-state index in [4.69, 9.17) is 4.74 Å². The second-order valence-corrected chi connectivity index (χ2v) is 4.35. The van der Waals surface area contributed by atoms with Crippen molar-refractivity contribution in [3.05, 3.63) is 18.0 Å².